The lowest BCUT2D eigenvalue weighted by molar-refractivity contribution is 0.0746. The molecule has 2 aromatic rings. The molecule has 1 aromatic carbocycles. The number of nitrogens with zero attached hydrogens (tertiary/aromatic N) is 3. The number of carbonyl (C=O) groups excluding carboxylic acids is 2. The second-order valence-corrected chi connectivity index (χ2v) is 6.08. The number of benzene rings is 1. The van der Waals surface area contributed by atoms with Gasteiger partial charge in [-0.1, -0.05) is 11.6 Å². The average Bonchev–Trinajstić information content (AvgIpc) is 2.61. The molecular formula is C17H16ClFN4O2. The number of rotatable bonds is 3. The van der Waals surface area contributed by atoms with Crippen LogP contribution in [0.2, 0.25) is 5.02 Å². The van der Waals surface area contributed by atoms with Crippen molar-refractivity contribution in [1.29, 1.82) is 0 Å². The van der Waals surface area contributed by atoms with Crippen LogP contribution in [-0.2, 0) is 0 Å². The van der Waals surface area contributed by atoms with Crippen LogP contribution in [0.15, 0.2) is 36.5 Å². The van der Waals surface area contributed by atoms with Gasteiger partial charge < -0.3 is 15.5 Å². The molecule has 3 rings (SSSR count). The molecule has 1 saturated heterocycles. The Morgan fingerprint density at radius 3 is 2.40 bits per heavy atom. The quantitative estimate of drug-likeness (QED) is 0.904. The number of hydrogen-bond donors (Lipinski definition) is 1. The summed E-state index contributed by atoms with van der Waals surface area (Å²) in [6, 6.07) is 7.11. The van der Waals surface area contributed by atoms with Crippen LogP contribution in [-0.4, -0.2) is 47.9 Å². The summed E-state index contributed by atoms with van der Waals surface area (Å²) in [6.45, 7) is 2.17. The van der Waals surface area contributed by atoms with Crippen molar-refractivity contribution < 1.29 is 14.0 Å². The molecule has 1 aliphatic rings. The maximum atomic E-state index is 13.1. The van der Waals surface area contributed by atoms with Gasteiger partial charge in [0.1, 0.15) is 11.6 Å². The van der Waals surface area contributed by atoms with Gasteiger partial charge in [0, 0.05) is 32.4 Å². The lowest BCUT2D eigenvalue weighted by atomic mass is 10.1. The molecule has 0 aliphatic carbocycles. The molecule has 130 valence electrons. The van der Waals surface area contributed by atoms with Crippen LogP contribution in [0.3, 0.4) is 0 Å². The lowest BCUT2D eigenvalue weighted by Gasteiger charge is -2.35. The van der Waals surface area contributed by atoms with E-state index in [2.05, 4.69) is 4.98 Å². The molecule has 2 heterocycles. The zero-order valence-corrected chi connectivity index (χ0v) is 14.0. The summed E-state index contributed by atoms with van der Waals surface area (Å²) in [5.41, 5.74) is 5.84. The monoisotopic (exact) mass is 362 g/mol. The van der Waals surface area contributed by atoms with Crippen molar-refractivity contribution >= 4 is 29.2 Å². The van der Waals surface area contributed by atoms with Gasteiger partial charge in [0.25, 0.3) is 5.91 Å². The zero-order chi connectivity index (χ0) is 18.0. The van der Waals surface area contributed by atoms with Crippen LogP contribution in [0.1, 0.15) is 20.7 Å². The van der Waals surface area contributed by atoms with Crippen molar-refractivity contribution in [3.8, 4) is 0 Å². The molecular weight excluding hydrogens is 347 g/mol. The summed E-state index contributed by atoms with van der Waals surface area (Å²) >= 11 is 5.96. The van der Waals surface area contributed by atoms with Gasteiger partial charge in [-0.05, 0) is 30.3 Å². The second kappa shape index (κ2) is 7.06. The highest BCUT2D eigenvalue weighted by Crippen LogP contribution is 2.21. The summed E-state index contributed by atoms with van der Waals surface area (Å²) < 4.78 is 13.1. The smallest absolute Gasteiger partial charge is 0.255 e. The van der Waals surface area contributed by atoms with E-state index in [0.717, 1.165) is 11.9 Å². The Labute approximate surface area is 149 Å². The number of piperazine rings is 1. The Morgan fingerprint density at radius 2 is 1.84 bits per heavy atom. The number of pyridine rings is 1. The highest BCUT2D eigenvalue weighted by molar-refractivity contribution is 6.33. The Balaban J connectivity index is 1.65. The number of halogens is 2. The molecule has 1 aliphatic heterocycles. The largest absolute Gasteiger partial charge is 0.366 e. The van der Waals surface area contributed by atoms with Gasteiger partial charge in [0.15, 0.2) is 0 Å². The molecule has 1 aromatic heterocycles. The normalized spacial score (nSPS) is 14.5. The molecule has 0 spiro atoms. The molecule has 2 N–H and O–H groups in total. The minimum Gasteiger partial charge on any atom is -0.366 e. The van der Waals surface area contributed by atoms with Gasteiger partial charge in [0.05, 0.1) is 16.1 Å². The maximum Gasteiger partial charge on any atom is 0.255 e. The molecule has 25 heavy (non-hydrogen) atoms. The third kappa shape index (κ3) is 3.71. The molecule has 0 bridgehead atoms. The van der Waals surface area contributed by atoms with E-state index in [0.29, 0.717) is 37.3 Å². The van der Waals surface area contributed by atoms with Crippen LogP contribution in [0, 0.1) is 5.82 Å². The van der Waals surface area contributed by atoms with E-state index < -0.39 is 11.7 Å². The van der Waals surface area contributed by atoms with E-state index in [1.807, 2.05) is 4.90 Å². The number of amides is 2. The molecule has 0 unspecified atom stereocenters. The minimum absolute atomic E-state index is 0.108. The highest BCUT2D eigenvalue weighted by atomic mass is 35.5. The van der Waals surface area contributed by atoms with Gasteiger partial charge in [0.2, 0.25) is 5.91 Å². The Hall–Kier alpha value is -2.67. The van der Waals surface area contributed by atoms with Crippen molar-refractivity contribution in [3.63, 3.8) is 0 Å². The maximum absolute atomic E-state index is 13.1. The van der Waals surface area contributed by atoms with Crippen LogP contribution < -0.4 is 10.6 Å². The van der Waals surface area contributed by atoms with Crippen molar-refractivity contribution in [2.45, 2.75) is 0 Å². The standard InChI is InChI=1S/C17H16ClFN4O2/c18-14-9-12(19)2-3-13(14)17(25)23-7-5-22(6-8-23)15-4-1-11(10-21-15)16(20)24/h1-4,9-10H,5-8H2,(H2,20,24). The van der Waals surface area contributed by atoms with Crippen molar-refractivity contribution in [1.82, 2.24) is 9.88 Å². The van der Waals surface area contributed by atoms with Gasteiger partial charge >= 0.3 is 0 Å². The molecule has 6 nitrogen and oxygen atoms in total. The number of hydrogen-bond acceptors (Lipinski definition) is 4. The Kier molecular flexibility index (Phi) is 4.85. The fourth-order valence-electron chi connectivity index (χ4n) is 2.69. The summed E-state index contributed by atoms with van der Waals surface area (Å²) in [4.78, 5) is 31.5. The fourth-order valence-corrected chi connectivity index (χ4v) is 2.94. The molecule has 0 atom stereocenters. The van der Waals surface area contributed by atoms with Crippen molar-refractivity contribution in [2.75, 3.05) is 31.1 Å². The summed E-state index contributed by atoms with van der Waals surface area (Å²) in [5.74, 6) is -0.499. The minimum atomic E-state index is -0.523. The number of anilines is 1. The predicted octanol–water partition coefficient (Wildman–Crippen LogP) is 1.94. The number of aromatic nitrogens is 1. The lowest BCUT2D eigenvalue weighted by Crippen LogP contribution is -2.49. The number of nitrogens with two attached hydrogens (primary N) is 1. The summed E-state index contributed by atoms with van der Waals surface area (Å²) in [5, 5.41) is 0.108. The first-order chi connectivity index (χ1) is 12.0. The van der Waals surface area contributed by atoms with E-state index in [-0.39, 0.29) is 10.9 Å². The zero-order valence-electron chi connectivity index (χ0n) is 13.3. The van der Waals surface area contributed by atoms with Crippen LogP contribution in [0.5, 0.6) is 0 Å². The van der Waals surface area contributed by atoms with Crippen LogP contribution >= 0.6 is 11.6 Å². The van der Waals surface area contributed by atoms with Gasteiger partial charge in [-0.15, -0.1) is 0 Å². The van der Waals surface area contributed by atoms with E-state index in [1.54, 1.807) is 17.0 Å². The third-order valence-electron chi connectivity index (χ3n) is 4.08. The molecule has 2 amide bonds. The fraction of sp³-hybridized carbons (Fsp3) is 0.235. The SMILES string of the molecule is NC(=O)c1ccc(N2CCN(C(=O)c3ccc(F)cc3Cl)CC2)nc1. The van der Waals surface area contributed by atoms with Gasteiger partial charge in [-0.25, -0.2) is 9.37 Å². The Bertz CT molecular complexity index is 805. The first-order valence-electron chi connectivity index (χ1n) is 7.71. The van der Waals surface area contributed by atoms with Crippen LogP contribution in [0.25, 0.3) is 0 Å². The topological polar surface area (TPSA) is 79.5 Å². The van der Waals surface area contributed by atoms with Gasteiger partial charge in [-0.2, -0.15) is 0 Å². The van der Waals surface area contributed by atoms with Crippen molar-refractivity contribution in [3.05, 3.63) is 58.5 Å². The van der Waals surface area contributed by atoms with Crippen molar-refractivity contribution in [2.24, 2.45) is 5.73 Å². The summed E-state index contributed by atoms with van der Waals surface area (Å²) in [6.07, 6.45) is 1.44. The molecule has 1 fully saturated rings. The third-order valence-corrected chi connectivity index (χ3v) is 4.40. The number of primary amides is 1. The average molecular weight is 363 g/mol. The van der Waals surface area contributed by atoms with E-state index in [1.165, 1.54) is 18.3 Å². The second-order valence-electron chi connectivity index (χ2n) is 5.67. The molecule has 0 radical (unpaired) electrons. The molecule has 8 heteroatoms. The van der Waals surface area contributed by atoms with E-state index in [9.17, 15) is 14.0 Å². The van der Waals surface area contributed by atoms with E-state index in [4.69, 9.17) is 17.3 Å². The molecule has 0 saturated carbocycles. The Morgan fingerprint density at radius 1 is 1.12 bits per heavy atom. The first kappa shape index (κ1) is 17.2. The summed E-state index contributed by atoms with van der Waals surface area (Å²) in [7, 11) is 0. The first-order valence-corrected chi connectivity index (χ1v) is 8.08. The predicted molar refractivity (Wildman–Crippen MR) is 92.3 cm³/mol. The van der Waals surface area contributed by atoms with Crippen LogP contribution in [0.4, 0.5) is 10.2 Å². The number of carbonyl (C=O) groups is 2. The van der Waals surface area contributed by atoms with E-state index >= 15 is 0 Å². The highest BCUT2D eigenvalue weighted by Gasteiger charge is 2.24. The van der Waals surface area contributed by atoms with Gasteiger partial charge in [-0.3, -0.25) is 9.59 Å².